The highest BCUT2D eigenvalue weighted by Gasteiger charge is 2.11. The first-order valence-electron chi connectivity index (χ1n) is 6.69. The number of nitrogens with one attached hydrogen (secondary N) is 1. The van der Waals surface area contributed by atoms with Gasteiger partial charge in [0.25, 0.3) is 0 Å². The van der Waals surface area contributed by atoms with E-state index >= 15 is 0 Å². The van der Waals surface area contributed by atoms with Crippen LogP contribution in [0.1, 0.15) is 29.4 Å². The van der Waals surface area contributed by atoms with Crippen LogP contribution in [0.3, 0.4) is 0 Å². The van der Waals surface area contributed by atoms with Crippen LogP contribution in [-0.4, -0.2) is 17.0 Å². The molecule has 0 aliphatic carbocycles. The van der Waals surface area contributed by atoms with Gasteiger partial charge in [-0.1, -0.05) is 19.1 Å². The Balaban J connectivity index is 2.63. The number of anilines is 1. The van der Waals surface area contributed by atoms with Crippen molar-refractivity contribution in [3.8, 4) is 11.3 Å². The van der Waals surface area contributed by atoms with Gasteiger partial charge in [-0.05, 0) is 38.0 Å². The molecule has 0 aliphatic rings. The summed E-state index contributed by atoms with van der Waals surface area (Å²) in [6.45, 7) is 8.40. The van der Waals surface area contributed by atoms with Gasteiger partial charge in [-0.2, -0.15) is 0 Å². The second kappa shape index (κ2) is 5.39. The molecule has 19 heavy (non-hydrogen) atoms. The van der Waals surface area contributed by atoms with E-state index in [4.69, 9.17) is 0 Å². The molecule has 0 radical (unpaired) electrons. The van der Waals surface area contributed by atoms with E-state index in [1.807, 2.05) is 7.05 Å². The van der Waals surface area contributed by atoms with Crippen molar-refractivity contribution in [2.24, 2.45) is 0 Å². The van der Waals surface area contributed by atoms with Crippen molar-refractivity contribution in [2.75, 3.05) is 12.4 Å². The molecule has 0 spiro atoms. The predicted molar refractivity (Wildman–Crippen MR) is 80.6 cm³/mol. The number of hydrogen-bond acceptors (Lipinski definition) is 3. The normalized spacial score (nSPS) is 10.6. The molecular formula is C16H21N3. The molecule has 2 aromatic rings. The van der Waals surface area contributed by atoms with Crippen LogP contribution < -0.4 is 5.32 Å². The van der Waals surface area contributed by atoms with E-state index in [0.29, 0.717) is 0 Å². The van der Waals surface area contributed by atoms with E-state index in [9.17, 15) is 0 Å². The van der Waals surface area contributed by atoms with Crippen LogP contribution in [-0.2, 0) is 6.42 Å². The molecule has 100 valence electrons. The Kier molecular flexibility index (Phi) is 3.84. The van der Waals surface area contributed by atoms with Crippen LogP contribution in [0.15, 0.2) is 18.2 Å². The molecule has 1 aromatic heterocycles. The highest BCUT2D eigenvalue weighted by atomic mass is 15.0. The Labute approximate surface area is 115 Å². The first-order chi connectivity index (χ1) is 9.06. The average Bonchev–Trinajstić information content (AvgIpc) is 2.42. The maximum Gasteiger partial charge on any atom is 0.132 e. The number of aromatic nitrogens is 2. The molecular weight excluding hydrogens is 234 g/mol. The van der Waals surface area contributed by atoms with Gasteiger partial charge < -0.3 is 5.32 Å². The third kappa shape index (κ3) is 2.60. The third-order valence-electron chi connectivity index (χ3n) is 3.53. The second-order valence-corrected chi connectivity index (χ2v) is 4.86. The molecule has 0 atom stereocenters. The van der Waals surface area contributed by atoms with Gasteiger partial charge in [0.05, 0.1) is 5.69 Å². The quantitative estimate of drug-likeness (QED) is 0.909. The first kappa shape index (κ1) is 13.5. The lowest BCUT2D eigenvalue weighted by molar-refractivity contribution is 0.935. The van der Waals surface area contributed by atoms with Gasteiger partial charge >= 0.3 is 0 Å². The molecule has 0 saturated carbocycles. The lowest BCUT2D eigenvalue weighted by Crippen LogP contribution is -2.04. The van der Waals surface area contributed by atoms with Crippen LogP contribution in [0, 0.1) is 20.8 Å². The Bertz CT molecular complexity index is 603. The van der Waals surface area contributed by atoms with Gasteiger partial charge in [0.1, 0.15) is 11.6 Å². The summed E-state index contributed by atoms with van der Waals surface area (Å²) in [6.07, 6.45) is 0.840. The summed E-state index contributed by atoms with van der Waals surface area (Å²) in [7, 11) is 1.90. The SMILES string of the molecule is CCc1nc(NC)c(C)c(-c2ccc(C)c(C)c2)n1. The fourth-order valence-corrected chi connectivity index (χ4v) is 2.13. The number of benzene rings is 1. The Morgan fingerprint density at radius 3 is 2.37 bits per heavy atom. The molecule has 2 rings (SSSR count). The van der Waals surface area contributed by atoms with Crippen LogP contribution in [0.4, 0.5) is 5.82 Å². The van der Waals surface area contributed by atoms with Crippen molar-refractivity contribution < 1.29 is 0 Å². The van der Waals surface area contributed by atoms with Gasteiger partial charge in [0.15, 0.2) is 0 Å². The maximum atomic E-state index is 4.69. The van der Waals surface area contributed by atoms with Crippen molar-refractivity contribution >= 4 is 5.82 Å². The Morgan fingerprint density at radius 1 is 1.05 bits per heavy atom. The zero-order chi connectivity index (χ0) is 14.0. The topological polar surface area (TPSA) is 37.8 Å². The van der Waals surface area contributed by atoms with Crippen LogP contribution in [0.25, 0.3) is 11.3 Å². The molecule has 3 nitrogen and oxygen atoms in total. The largest absolute Gasteiger partial charge is 0.373 e. The lowest BCUT2D eigenvalue weighted by atomic mass is 10.0. The molecule has 1 N–H and O–H groups in total. The zero-order valence-corrected chi connectivity index (χ0v) is 12.3. The minimum Gasteiger partial charge on any atom is -0.373 e. The van der Waals surface area contributed by atoms with Crippen molar-refractivity contribution in [1.82, 2.24) is 9.97 Å². The highest BCUT2D eigenvalue weighted by Crippen LogP contribution is 2.27. The monoisotopic (exact) mass is 255 g/mol. The third-order valence-corrected chi connectivity index (χ3v) is 3.53. The zero-order valence-electron chi connectivity index (χ0n) is 12.3. The smallest absolute Gasteiger partial charge is 0.132 e. The summed E-state index contributed by atoms with van der Waals surface area (Å²) >= 11 is 0. The highest BCUT2D eigenvalue weighted by molar-refractivity contribution is 5.69. The van der Waals surface area contributed by atoms with E-state index < -0.39 is 0 Å². The van der Waals surface area contributed by atoms with Crippen LogP contribution in [0.2, 0.25) is 0 Å². The molecule has 0 amide bonds. The fraction of sp³-hybridized carbons (Fsp3) is 0.375. The van der Waals surface area contributed by atoms with E-state index in [2.05, 4.69) is 61.2 Å². The summed E-state index contributed by atoms with van der Waals surface area (Å²) in [4.78, 5) is 9.20. The van der Waals surface area contributed by atoms with Gasteiger partial charge in [-0.25, -0.2) is 9.97 Å². The van der Waals surface area contributed by atoms with Crippen LogP contribution in [0.5, 0.6) is 0 Å². The number of rotatable bonds is 3. The van der Waals surface area contributed by atoms with Crippen molar-refractivity contribution in [1.29, 1.82) is 0 Å². The van der Waals surface area contributed by atoms with E-state index in [-0.39, 0.29) is 0 Å². The summed E-state index contributed by atoms with van der Waals surface area (Å²) in [6, 6.07) is 6.48. The molecule has 0 aliphatic heterocycles. The van der Waals surface area contributed by atoms with Gasteiger partial charge in [-0.3, -0.25) is 0 Å². The van der Waals surface area contributed by atoms with E-state index in [0.717, 1.165) is 34.9 Å². The predicted octanol–water partition coefficient (Wildman–Crippen LogP) is 3.67. The van der Waals surface area contributed by atoms with Gasteiger partial charge in [-0.15, -0.1) is 0 Å². The van der Waals surface area contributed by atoms with Crippen molar-refractivity contribution in [3.63, 3.8) is 0 Å². The number of hydrogen-bond donors (Lipinski definition) is 1. The summed E-state index contributed by atoms with van der Waals surface area (Å²) in [5.41, 5.74) is 5.89. The minimum atomic E-state index is 0.840. The molecule has 1 aromatic carbocycles. The Morgan fingerprint density at radius 2 is 1.79 bits per heavy atom. The molecule has 0 unspecified atom stereocenters. The summed E-state index contributed by atoms with van der Waals surface area (Å²) < 4.78 is 0. The van der Waals surface area contributed by atoms with Crippen molar-refractivity contribution in [2.45, 2.75) is 34.1 Å². The van der Waals surface area contributed by atoms with Gasteiger partial charge in [0, 0.05) is 24.6 Å². The molecule has 3 heteroatoms. The molecule has 0 fully saturated rings. The summed E-state index contributed by atoms with van der Waals surface area (Å²) in [5, 5.41) is 3.16. The van der Waals surface area contributed by atoms with Gasteiger partial charge in [0.2, 0.25) is 0 Å². The maximum absolute atomic E-state index is 4.69. The first-order valence-corrected chi connectivity index (χ1v) is 6.69. The summed E-state index contributed by atoms with van der Waals surface area (Å²) in [5.74, 6) is 1.79. The number of aryl methyl sites for hydroxylation is 3. The van der Waals surface area contributed by atoms with E-state index in [1.165, 1.54) is 11.1 Å². The molecule has 1 heterocycles. The standard InChI is InChI=1S/C16H21N3/c1-6-14-18-15(12(4)16(17-5)19-14)13-8-7-10(2)11(3)9-13/h7-9H,6H2,1-5H3,(H,17,18,19). The number of nitrogens with zero attached hydrogens (tertiary/aromatic N) is 2. The van der Waals surface area contributed by atoms with Crippen molar-refractivity contribution in [3.05, 3.63) is 40.7 Å². The molecule has 0 bridgehead atoms. The van der Waals surface area contributed by atoms with E-state index in [1.54, 1.807) is 0 Å². The molecule has 0 saturated heterocycles. The fourth-order valence-electron chi connectivity index (χ4n) is 2.13. The van der Waals surface area contributed by atoms with Crippen LogP contribution >= 0.6 is 0 Å². The second-order valence-electron chi connectivity index (χ2n) is 4.86. The average molecular weight is 255 g/mol. The minimum absolute atomic E-state index is 0.840. The lowest BCUT2D eigenvalue weighted by Gasteiger charge is -2.13. The Hall–Kier alpha value is -1.90.